The van der Waals surface area contributed by atoms with Crippen molar-refractivity contribution in [2.45, 2.75) is 45.4 Å². The van der Waals surface area contributed by atoms with E-state index >= 15 is 0 Å². The highest BCUT2D eigenvalue weighted by atomic mass is 15.2. The van der Waals surface area contributed by atoms with Crippen LogP contribution in [0.4, 0.5) is 0 Å². The lowest BCUT2D eigenvalue weighted by Gasteiger charge is -2.25. The van der Waals surface area contributed by atoms with E-state index in [9.17, 15) is 0 Å². The van der Waals surface area contributed by atoms with Crippen molar-refractivity contribution in [3.05, 3.63) is 30.2 Å². The Labute approximate surface area is 96.5 Å². The molecule has 86 valence electrons. The first-order valence-corrected chi connectivity index (χ1v) is 5.94. The van der Waals surface area contributed by atoms with E-state index in [4.69, 9.17) is 0 Å². The van der Waals surface area contributed by atoms with Gasteiger partial charge in [-0.05, 0) is 17.9 Å². The van der Waals surface area contributed by atoms with Crippen LogP contribution in [-0.4, -0.2) is 14.6 Å². The number of hydrogen-bond donors (Lipinski definition) is 0. The predicted molar refractivity (Wildman–Crippen MR) is 65.5 cm³/mol. The molecule has 3 heteroatoms. The summed E-state index contributed by atoms with van der Waals surface area (Å²) in [4.78, 5) is 4.39. The highest BCUT2D eigenvalue weighted by Crippen LogP contribution is 2.30. The predicted octanol–water partition coefficient (Wildman–Crippen LogP) is 3.20. The van der Waals surface area contributed by atoms with Crippen molar-refractivity contribution < 1.29 is 0 Å². The minimum Gasteiger partial charge on any atom is -0.235 e. The summed E-state index contributed by atoms with van der Waals surface area (Å²) >= 11 is 0. The molecule has 2 aromatic rings. The third kappa shape index (κ3) is 1.94. The first-order chi connectivity index (χ1) is 7.65. The van der Waals surface area contributed by atoms with Crippen molar-refractivity contribution in [1.29, 1.82) is 0 Å². The lowest BCUT2D eigenvalue weighted by atomic mass is 9.81. The van der Waals surface area contributed by atoms with Crippen molar-refractivity contribution in [2.24, 2.45) is 0 Å². The quantitative estimate of drug-likeness (QED) is 0.787. The summed E-state index contributed by atoms with van der Waals surface area (Å²) in [5.74, 6) is 0. The number of fused-ring (bicyclic) bond motifs is 1. The van der Waals surface area contributed by atoms with Crippen molar-refractivity contribution in [3.63, 3.8) is 0 Å². The summed E-state index contributed by atoms with van der Waals surface area (Å²) in [5, 5.41) is 4.25. The molecule has 0 amide bonds. The van der Waals surface area contributed by atoms with Gasteiger partial charge in [-0.1, -0.05) is 33.6 Å². The smallest absolute Gasteiger partial charge is 0.157 e. The highest BCUT2D eigenvalue weighted by molar-refractivity contribution is 5.49. The summed E-state index contributed by atoms with van der Waals surface area (Å²) in [6.45, 7) is 6.80. The van der Waals surface area contributed by atoms with Crippen LogP contribution in [0.15, 0.2) is 24.7 Å². The van der Waals surface area contributed by atoms with Crippen molar-refractivity contribution >= 4 is 5.65 Å². The fourth-order valence-electron chi connectivity index (χ4n) is 2.12. The summed E-state index contributed by atoms with van der Waals surface area (Å²) in [6.07, 6.45) is 9.24. The Morgan fingerprint density at radius 1 is 1.31 bits per heavy atom. The molecule has 0 radical (unpaired) electrons. The molecule has 0 atom stereocenters. The van der Waals surface area contributed by atoms with Crippen LogP contribution in [0, 0.1) is 0 Å². The molecule has 0 saturated carbocycles. The van der Waals surface area contributed by atoms with Crippen LogP contribution in [0.25, 0.3) is 5.65 Å². The molecule has 0 aliphatic heterocycles. The lowest BCUT2D eigenvalue weighted by molar-refractivity contribution is 0.458. The molecular formula is C13H19N3. The second kappa shape index (κ2) is 4.24. The Balaban J connectivity index is 2.41. The molecule has 3 nitrogen and oxygen atoms in total. The number of hydrogen-bond acceptors (Lipinski definition) is 2. The lowest BCUT2D eigenvalue weighted by Crippen LogP contribution is -2.18. The Morgan fingerprint density at radius 3 is 2.88 bits per heavy atom. The van der Waals surface area contributed by atoms with Gasteiger partial charge in [-0.3, -0.25) is 0 Å². The molecule has 0 spiro atoms. The van der Waals surface area contributed by atoms with E-state index in [0.29, 0.717) is 0 Å². The maximum Gasteiger partial charge on any atom is 0.157 e. The zero-order chi connectivity index (χ0) is 11.6. The van der Waals surface area contributed by atoms with E-state index in [1.54, 1.807) is 0 Å². The molecule has 0 aliphatic rings. The molecule has 2 aromatic heterocycles. The van der Waals surface area contributed by atoms with Crippen LogP contribution in [-0.2, 0) is 5.41 Å². The van der Waals surface area contributed by atoms with Crippen LogP contribution in [0.5, 0.6) is 0 Å². The first kappa shape index (κ1) is 11.1. The van der Waals surface area contributed by atoms with Gasteiger partial charge in [-0.15, -0.1) is 0 Å². The SMILES string of the molecule is CCCCC(C)(C)c1ccnn2ccnc12. The number of rotatable bonds is 4. The molecule has 0 fully saturated rings. The molecule has 0 N–H and O–H groups in total. The number of unbranched alkanes of at least 4 members (excludes halogenated alkanes) is 1. The fourth-order valence-corrected chi connectivity index (χ4v) is 2.12. The van der Waals surface area contributed by atoms with Gasteiger partial charge >= 0.3 is 0 Å². The maximum absolute atomic E-state index is 4.39. The fraction of sp³-hybridized carbons (Fsp3) is 0.538. The molecule has 0 aromatic carbocycles. The van der Waals surface area contributed by atoms with Crippen LogP contribution >= 0.6 is 0 Å². The average Bonchev–Trinajstić information content (AvgIpc) is 2.73. The normalized spacial score (nSPS) is 12.2. The van der Waals surface area contributed by atoms with E-state index in [0.717, 1.165) is 5.65 Å². The summed E-state index contributed by atoms with van der Waals surface area (Å²) in [5.41, 5.74) is 2.45. The van der Waals surface area contributed by atoms with Gasteiger partial charge in [0.25, 0.3) is 0 Å². The topological polar surface area (TPSA) is 30.2 Å². The Morgan fingerprint density at radius 2 is 2.12 bits per heavy atom. The zero-order valence-corrected chi connectivity index (χ0v) is 10.3. The third-order valence-electron chi connectivity index (χ3n) is 3.18. The minimum absolute atomic E-state index is 0.172. The summed E-state index contributed by atoms with van der Waals surface area (Å²) in [7, 11) is 0. The van der Waals surface area contributed by atoms with Gasteiger partial charge in [0.05, 0.1) is 0 Å². The largest absolute Gasteiger partial charge is 0.235 e. The summed E-state index contributed by atoms with van der Waals surface area (Å²) in [6, 6.07) is 2.10. The van der Waals surface area contributed by atoms with E-state index in [1.807, 2.05) is 23.1 Å². The molecule has 0 bridgehead atoms. The molecule has 0 aliphatic carbocycles. The second-order valence-corrected chi connectivity index (χ2v) is 4.93. The van der Waals surface area contributed by atoms with Crippen molar-refractivity contribution in [2.75, 3.05) is 0 Å². The summed E-state index contributed by atoms with van der Waals surface area (Å²) < 4.78 is 1.85. The molecule has 2 rings (SSSR count). The zero-order valence-electron chi connectivity index (χ0n) is 10.3. The van der Waals surface area contributed by atoms with Crippen LogP contribution in [0.2, 0.25) is 0 Å². The molecule has 0 saturated heterocycles. The van der Waals surface area contributed by atoms with Gasteiger partial charge < -0.3 is 0 Å². The number of imidazole rings is 1. The van der Waals surface area contributed by atoms with Crippen LogP contribution in [0.3, 0.4) is 0 Å². The van der Waals surface area contributed by atoms with Crippen LogP contribution < -0.4 is 0 Å². The number of aromatic nitrogens is 3. The van der Waals surface area contributed by atoms with E-state index in [1.165, 1.54) is 24.8 Å². The van der Waals surface area contributed by atoms with Gasteiger partial charge in [0.1, 0.15) is 0 Å². The van der Waals surface area contributed by atoms with Gasteiger partial charge in [0.15, 0.2) is 5.65 Å². The Kier molecular flexibility index (Phi) is 2.95. The standard InChI is InChI=1S/C13H19N3/c1-4-5-7-13(2,3)11-6-8-15-16-10-9-14-12(11)16/h6,8-10H,4-5,7H2,1-3H3. The molecule has 16 heavy (non-hydrogen) atoms. The Bertz CT molecular complexity index is 471. The Hall–Kier alpha value is -1.38. The first-order valence-electron chi connectivity index (χ1n) is 5.94. The second-order valence-electron chi connectivity index (χ2n) is 4.93. The molecule has 2 heterocycles. The molecule has 0 unspecified atom stereocenters. The van der Waals surface area contributed by atoms with Crippen molar-refractivity contribution in [3.8, 4) is 0 Å². The monoisotopic (exact) mass is 217 g/mol. The van der Waals surface area contributed by atoms with Crippen molar-refractivity contribution in [1.82, 2.24) is 14.6 Å². The van der Waals surface area contributed by atoms with Crippen LogP contribution in [0.1, 0.15) is 45.6 Å². The molecular weight excluding hydrogens is 198 g/mol. The number of nitrogens with zero attached hydrogens (tertiary/aromatic N) is 3. The minimum atomic E-state index is 0.172. The average molecular weight is 217 g/mol. The van der Waals surface area contributed by atoms with E-state index in [2.05, 4.69) is 36.9 Å². The van der Waals surface area contributed by atoms with E-state index in [-0.39, 0.29) is 5.41 Å². The van der Waals surface area contributed by atoms with Gasteiger partial charge in [-0.2, -0.15) is 5.10 Å². The third-order valence-corrected chi connectivity index (χ3v) is 3.18. The van der Waals surface area contributed by atoms with Gasteiger partial charge in [0, 0.05) is 24.2 Å². The van der Waals surface area contributed by atoms with Gasteiger partial charge in [0.2, 0.25) is 0 Å². The maximum atomic E-state index is 4.39. The van der Waals surface area contributed by atoms with E-state index < -0.39 is 0 Å². The van der Waals surface area contributed by atoms with Gasteiger partial charge in [-0.25, -0.2) is 9.50 Å². The highest BCUT2D eigenvalue weighted by Gasteiger charge is 2.23.